The standard InChI is InChI=1S/C40H27N3/c1-26-42-39(23-40(43-26)30-20-16-28(17-21-30)38-25-41-24-32-9-3-5-11-34(32)38)29-18-14-27(15-19-29)37-22-31-8-2-4-10-33(31)35-12-6-7-13-36(35)37/h2-25H,1H3. The molecule has 0 radical (unpaired) electrons. The first-order valence-corrected chi connectivity index (χ1v) is 14.5. The van der Waals surface area contributed by atoms with Crippen LogP contribution in [0.3, 0.4) is 0 Å². The molecule has 43 heavy (non-hydrogen) atoms. The Morgan fingerprint density at radius 1 is 0.395 bits per heavy atom. The Hall–Kier alpha value is -5.67. The molecule has 8 rings (SSSR count). The summed E-state index contributed by atoms with van der Waals surface area (Å²) < 4.78 is 0. The Morgan fingerprint density at radius 2 is 0.907 bits per heavy atom. The molecular weight excluding hydrogens is 522 g/mol. The average Bonchev–Trinajstić information content (AvgIpc) is 3.07. The molecule has 0 atom stereocenters. The molecule has 0 aliphatic carbocycles. The van der Waals surface area contributed by atoms with Crippen LogP contribution in [-0.4, -0.2) is 15.0 Å². The molecule has 0 aliphatic heterocycles. The highest BCUT2D eigenvalue weighted by atomic mass is 14.9. The molecule has 2 heterocycles. The molecule has 0 fully saturated rings. The van der Waals surface area contributed by atoms with Crippen LogP contribution in [0.1, 0.15) is 5.82 Å². The van der Waals surface area contributed by atoms with Crippen LogP contribution in [0.25, 0.3) is 77.1 Å². The van der Waals surface area contributed by atoms with Crippen LogP contribution in [0.4, 0.5) is 0 Å². The molecule has 6 aromatic carbocycles. The van der Waals surface area contributed by atoms with E-state index in [1.54, 1.807) is 0 Å². The number of pyridine rings is 1. The number of nitrogens with zero attached hydrogens (tertiary/aromatic N) is 3. The Bertz CT molecular complexity index is 2280. The van der Waals surface area contributed by atoms with Crippen molar-refractivity contribution in [3.05, 3.63) is 152 Å². The van der Waals surface area contributed by atoms with E-state index in [1.165, 1.54) is 38.1 Å². The van der Waals surface area contributed by atoms with Gasteiger partial charge in [-0.3, -0.25) is 4.98 Å². The molecule has 8 aromatic rings. The highest BCUT2D eigenvalue weighted by Gasteiger charge is 2.11. The third-order valence-electron chi connectivity index (χ3n) is 8.26. The average molecular weight is 550 g/mol. The van der Waals surface area contributed by atoms with Crippen molar-refractivity contribution in [3.8, 4) is 44.8 Å². The van der Waals surface area contributed by atoms with E-state index in [2.05, 4.69) is 132 Å². The molecule has 0 saturated carbocycles. The third kappa shape index (κ3) is 4.52. The number of benzene rings is 6. The molecule has 3 nitrogen and oxygen atoms in total. The van der Waals surface area contributed by atoms with Crippen molar-refractivity contribution in [1.82, 2.24) is 15.0 Å². The van der Waals surface area contributed by atoms with E-state index in [0.717, 1.165) is 44.9 Å². The number of hydrogen-bond acceptors (Lipinski definition) is 3. The van der Waals surface area contributed by atoms with Gasteiger partial charge in [0.1, 0.15) is 5.82 Å². The minimum absolute atomic E-state index is 0.749. The maximum Gasteiger partial charge on any atom is 0.126 e. The van der Waals surface area contributed by atoms with Crippen LogP contribution in [-0.2, 0) is 0 Å². The number of hydrogen-bond donors (Lipinski definition) is 0. The predicted molar refractivity (Wildman–Crippen MR) is 179 cm³/mol. The Morgan fingerprint density at radius 3 is 1.58 bits per heavy atom. The lowest BCUT2D eigenvalue weighted by Gasteiger charge is -2.12. The minimum atomic E-state index is 0.749. The molecule has 0 spiro atoms. The van der Waals surface area contributed by atoms with Gasteiger partial charge in [0, 0.05) is 34.5 Å². The molecule has 0 amide bonds. The molecule has 0 bridgehead atoms. The molecule has 2 aromatic heterocycles. The number of aryl methyl sites for hydroxylation is 1. The second-order valence-electron chi connectivity index (χ2n) is 10.9. The van der Waals surface area contributed by atoms with Crippen molar-refractivity contribution in [2.24, 2.45) is 0 Å². The zero-order valence-electron chi connectivity index (χ0n) is 23.7. The first-order chi connectivity index (χ1) is 21.2. The maximum absolute atomic E-state index is 4.80. The molecule has 3 heteroatoms. The van der Waals surface area contributed by atoms with Gasteiger partial charge in [-0.25, -0.2) is 9.97 Å². The van der Waals surface area contributed by atoms with Gasteiger partial charge in [0.05, 0.1) is 11.4 Å². The lowest BCUT2D eigenvalue weighted by molar-refractivity contribution is 1.06. The summed E-state index contributed by atoms with van der Waals surface area (Å²) in [5.74, 6) is 0.749. The van der Waals surface area contributed by atoms with Gasteiger partial charge < -0.3 is 0 Å². The topological polar surface area (TPSA) is 38.7 Å². The van der Waals surface area contributed by atoms with Gasteiger partial charge in [0.15, 0.2) is 0 Å². The van der Waals surface area contributed by atoms with Crippen LogP contribution in [0.15, 0.2) is 146 Å². The van der Waals surface area contributed by atoms with Crippen LogP contribution in [0.5, 0.6) is 0 Å². The van der Waals surface area contributed by atoms with Crippen molar-refractivity contribution in [2.75, 3.05) is 0 Å². The first kappa shape index (κ1) is 25.1. The van der Waals surface area contributed by atoms with E-state index in [9.17, 15) is 0 Å². The summed E-state index contributed by atoms with van der Waals surface area (Å²) in [5, 5.41) is 7.41. The van der Waals surface area contributed by atoms with Gasteiger partial charge in [-0.05, 0) is 62.7 Å². The van der Waals surface area contributed by atoms with Crippen LogP contribution >= 0.6 is 0 Å². The fourth-order valence-electron chi connectivity index (χ4n) is 6.14. The van der Waals surface area contributed by atoms with Crippen LogP contribution < -0.4 is 0 Å². The van der Waals surface area contributed by atoms with Gasteiger partial charge in [-0.15, -0.1) is 0 Å². The second-order valence-corrected chi connectivity index (χ2v) is 10.9. The number of aromatic nitrogens is 3. The van der Waals surface area contributed by atoms with Crippen LogP contribution in [0.2, 0.25) is 0 Å². The molecule has 0 unspecified atom stereocenters. The predicted octanol–water partition coefficient (Wildman–Crippen LogP) is 10.3. The van der Waals surface area contributed by atoms with E-state index >= 15 is 0 Å². The normalized spacial score (nSPS) is 11.4. The molecule has 0 aliphatic rings. The molecule has 0 N–H and O–H groups in total. The van der Waals surface area contributed by atoms with Crippen molar-refractivity contribution in [3.63, 3.8) is 0 Å². The Labute approximate surface area is 250 Å². The van der Waals surface area contributed by atoms with Crippen molar-refractivity contribution >= 4 is 32.3 Å². The summed E-state index contributed by atoms with van der Waals surface area (Å²) in [4.78, 5) is 14.0. The summed E-state index contributed by atoms with van der Waals surface area (Å²) in [7, 11) is 0. The zero-order valence-corrected chi connectivity index (χ0v) is 23.7. The third-order valence-corrected chi connectivity index (χ3v) is 8.26. The van der Waals surface area contributed by atoms with Gasteiger partial charge in [-0.1, -0.05) is 121 Å². The number of rotatable bonds is 4. The summed E-state index contributed by atoms with van der Waals surface area (Å²) in [6.45, 7) is 1.96. The van der Waals surface area contributed by atoms with Crippen molar-refractivity contribution in [2.45, 2.75) is 6.92 Å². The monoisotopic (exact) mass is 549 g/mol. The van der Waals surface area contributed by atoms with E-state index in [0.29, 0.717) is 0 Å². The zero-order chi connectivity index (χ0) is 28.8. The maximum atomic E-state index is 4.80. The van der Waals surface area contributed by atoms with Gasteiger partial charge >= 0.3 is 0 Å². The van der Waals surface area contributed by atoms with Crippen molar-refractivity contribution in [1.29, 1.82) is 0 Å². The van der Waals surface area contributed by atoms with Gasteiger partial charge in [-0.2, -0.15) is 0 Å². The fraction of sp³-hybridized carbons (Fsp3) is 0.0250. The lowest BCUT2D eigenvalue weighted by Crippen LogP contribution is -1.95. The highest BCUT2D eigenvalue weighted by Crippen LogP contribution is 2.36. The molecular formula is C40H27N3. The largest absolute Gasteiger partial charge is 0.263 e. The Kier molecular flexibility index (Phi) is 6.01. The Balaban J connectivity index is 1.14. The summed E-state index contributed by atoms with van der Waals surface area (Å²) in [6, 6.07) is 47.3. The number of fused-ring (bicyclic) bond motifs is 4. The minimum Gasteiger partial charge on any atom is -0.263 e. The van der Waals surface area contributed by atoms with Gasteiger partial charge in [0.25, 0.3) is 0 Å². The molecule has 0 saturated heterocycles. The second kappa shape index (κ2) is 10.3. The summed E-state index contributed by atoms with van der Waals surface area (Å²) in [6.07, 6.45) is 3.85. The van der Waals surface area contributed by atoms with E-state index in [-0.39, 0.29) is 0 Å². The lowest BCUT2D eigenvalue weighted by atomic mass is 9.93. The SMILES string of the molecule is Cc1nc(-c2ccc(-c3cncc4ccccc34)cc2)cc(-c2ccc(-c3cc4ccccc4c4ccccc34)cc2)n1. The van der Waals surface area contributed by atoms with E-state index in [1.807, 2.05) is 25.4 Å². The summed E-state index contributed by atoms with van der Waals surface area (Å²) >= 11 is 0. The van der Waals surface area contributed by atoms with E-state index in [4.69, 9.17) is 9.97 Å². The van der Waals surface area contributed by atoms with Gasteiger partial charge in [0.2, 0.25) is 0 Å². The molecule has 202 valence electrons. The van der Waals surface area contributed by atoms with Crippen molar-refractivity contribution < 1.29 is 0 Å². The van der Waals surface area contributed by atoms with E-state index < -0.39 is 0 Å². The summed E-state index contributed by atoms with van der Waals surface area (Å²) in [5.41, 5.74) is 8.65. The highest BCUT2D eigenvalue weighted by molar-refractivity contribution is 6.13. The first-order valence-electron chi connectivity index (χ1n) is 14.5. The fourth-order valence-corrected chi connectivity index (χ4v) is 6.14. The quantitative estimate of drug-likeness (QED) is 0.205. The van der Waals surface area contributed by atoms with Crippen LogP contribution in [0, 0.1) is 6.92 Å². The smallest absolute Gasteiger partial charge is 0.126 e.